The molecule has 0 heterocycles. The van der Waals surface area contributed by atoms with E-state index in [1.54, 1.807) is 43.4 Å². The standard InChI is InChI=1S/C24H28F2N2O4/c1-28(15-16-11-12-20(32-24(25)26)21(13-16)31-2)23(30)18-9-6-10-19(14-18)27-22(29)17-7-4-3-5-8-17/h6,9-14,17,24H,3-5,7-8,15H2,1-2H3,(H,27,29). The van der Waals surface area contributed by atoms with E-state index < -0.39 is 6.61 Å². The number of hydrogen-bond acceptors (Lipinski definition) is 4. The maximum Gasteiger partial charge on any atom is 0.387 e. The summed E-state index contributed by atoms with van der Waals surface area (Å²) in [5.41, 5.74) is 1.73. The minimum atomic E-state index is -2.95. The number of methoxy groups -OCH3 is 1. The second-order valence-corrected chi connectivity index (χ2v) is 7.93. The number of nitrogens with zero attached hydrogens (tertiary/aromatic N) is 1. The molecule has 0 radical (unpaired) electrons. The zero-order chi connectivity index (χ0) is 23.1. The van der Waals surface area contributed by atoms with E-state index in [2.05, 4.69) is 10.1 Å². The quantitative estimate of drug-likeness (QED) is 0.614. The lowest BCUT2D eigenvalue weighted by molar-refractivity contribution is -0.120. The van der Waals surface area contributed by atoms with Crippen LogP contribution in [0.5, 0.6) is 11.5 Å². The van der Waals surface area contributed by atoms with Crippen molar-refractivity contribution < 1.29 is 27.8 Å². The summed E-state index contributed by atoms with van der Waals surface area (Å²) >= 11 is 0. The van der Waals surface area contributed by atoms with E-state index in [1.165, 1.54) is 24.5 Å². The number of carbonyl (C=O) groups excluding carboxylic acids is 2. The van der Waals surface area contributed by atoms with E-state index in [-0.39, 0.29) is 35.8 Å². The SMILES string of the molecule is COc1cc(CN(C)C(=O)c2cccc(NC(=O)C3CCCCC3)c2)ccc1OC(F)F. The van der Waals surface area contributed by atoms with E-state index in [4.69, 9.17) is 4.74 Å². The maximum absolute atomic E-state index is 12.9. The Balaban J connectivity index is 1.65. The number of rotatable bonds is 8. The number of hydrogen-bond donors (Lipinski definition) is 1. The highest BCUT2D eigenvalue weighted by atomic mass is 19.3. The van der Waals surface area contributed by atoms with Crippen LogP contribution in [0.4, 0.5) is 14.5 Å². The zero-order valence-corrected chi connectivity index (χ0v) is 18.3. The topological polar surface area (TPSA) is 67.9 Å². The van der Waals surface area contributed by atoms with Crippen LogP contribution < -0.4 is 14.8 Å². The Morgan fingerprint density at radius 3 is 2.53 bits per heavy atom. The second kappa shape index (κ2) is 10.9. The molecular weight excluding hydrogens is 418 g/mol. The smallest absolute Gasteiger partial charge is 0.387 e. The fourth-order valence-corrected chi connectivity index (χ4v) is 3.91. The Morgan fingerprint density at radius 1 is 1.09 bits per heavy atom. The molecule has 0 spiro atoms. The molecular formula is C24H28F2N2O4. The van der Waals surface area contributed by atoms with Gasteiger partial charge in [0.2, 0.25) is 5.91 Å². The Kier molecular flexibility index (Phi) is 8.03. The number of halogens is 2. The number of anilines is 1. The Hall–Kier alpha value is -3.16. The fourth-order valence-electron chi connectivity index (χ4n) is 3.91. The third-order valence-corrected chi connectivity index (χ3v) is 5.56. The molecule has 0 aliphatic heterocycles. The molecule has 1 N–H and O–H groups in total. The molecule has 1 aliphatic carbocycles. The maximum atomic E-state index is 12.9. The summed E-state index contributed by atoms with van der Waals surface area (Å²) in [4.78, 5) is 26.9. The normalized spacial score (nSPS) is 14.2. The first kappa shape index (κ1) is 23.5. The van der Waals surface area contributed by atoms with E-state index in [9.17, 15) is 18.4 Å². The molecule has 1 aliphatic rings. The molecule has 2 amide bonds. The Morgan fingerprint density at radius 2 is 1.84 bits per heavy atom. The molecule has 0 unspecified atom stereocenters. The molecule has 3 rings (SSSR count). The van der Waals surface area contributed by atoms with Gasteiger partial charge in [-0.15, -0.1) is 0 Å². The Labute approximate surface area is 186 Å². The van der Waals surface area contributed by atoms with Crippen LogP contribution in [0.25, 0.3) is 0 Å². The largest absolute Gasteiger partial charge is 0.493 e. The van der Waals surface area contributed by atoms with Gasteiger partial charge in [0.25, 0.3) is 5.91 Å². The van der Waals surface area contributed by atoms with Crippen LogP contribution in [0.3, 0.4) is 0 Å². The summed E-state index contributed by atoms with van der Waals surface area (Å²) in [6, 6.07) is 11.4. The number of carbonyl (C=O) groups is 2. The van der Waals surface area contributed by atoms with Gasteiger partial charge in [-0.1, -0.05) is 31.4 Å². The van der Waals surface area contributed by atoms with Crippen LogP contribution in [0.15, 0.2) is 42.5 Å². The predicted molar refractivity (Wildman–Crippen MR) is 117 cm³/mol. The van der Waals surface area contributed by atoms with Crippen LogP contribution in [0.2, 0.25) is 0 Å². The molecule has 0 atom stereocenters. The highest BCUT2D eigenvalue weighted by molar-refractivity contribution is 5.97. The number of ether oxygens (including phenoxy) is 2. The van der Waals surface area contributed by atoms with E-state index >= 15 is 0 Å². The zero-order valence-electron chi connectivity index (χ0n) is 18.3. The van der Waals surface area contributed by atoms with Crippen molar-refractivity contribution in [1.82, 2.24) is 4.90 Å². The minimum Gasteiger partial charge on any atom is -0.493 e. The summed E-state index contributed by atoms with van der Waals surface area (Å²) < 4.78 is 34.5. The first-order valence-corrected chi connectivity index (χ1v) is 10.7. The summed E-state index contributed by atoms with van der Waals surface area (Å²) in [5.74, 6) is -0.109. The van der Waals surface area contributed by atoms with E-state index in [0.717, 1.165) is 25.7 Å². The van der Waals surface area contributed by atoms with Crippen molar-refractivity contribution >= 4 is 17.5 Å². The van der Waals surface area contributed by atoms with Crippen molar-refractivity contribution in [2.45, 2.75) is 45.3 Å². The molecule has 0 saturated heterocycles. The molecule has 0 bridgehead atoms. The lowest BCUT2D eigenvalue weighted by atomic mass is 9.88. The number of amides is 2. The molecule has 2 aromatic rings. The number of nitrogens with one attached hydrogen (secondary N) is 1. The van der Waals surface area contributed by atoms with Gasteiger partial charge in [0, 0.05) is 30.8 Å². The molecule has 2 aromatic carbocycles. The van der Waals surface area contributed by atoms with Crippen molar-refractivity contribution in [3.63, 3.8) is 0 Å². The molecule has 172 valence electrons. The van der Waals surface area contributed by atoms with Gasteiger partial charge in [-0.3, -0.25) is 9.59 Å². The van der Waals surface area contributed by atoms with Gasteiger partial charge in [-0.05, 0) is 48.7 Å². The molecule has 1 fully saturated rings. The van der Waals surface area contributed by atoms with E-state index in [0.29, 0.717) is 16.8 Å². The number of benzene rings is 2. The highest BCUT2D eigenvalue weighted by Gasteiger charge is 2.21. The van der Waals surface area contributed by atoms with Gasteiger partial charge >= 0.3 is 6.61 Å². The molecule has 6 nitrogen and oxygen atoms in total. The van der Waals surface area contributed by atoms with Gasteiger partial charge < -0.3 is 19.7 Å². The van der Waals surface area contributed by atoms with Crippen molar-refractivity contribution in [2.75, 3.05) is 19.5 Å². The molecule has 8 heteroatoms. The van der Waals surface area contributed by atoms with Crippen LogP contribution in [0, 0.1) is 5.92 Å². The average molecular weight is 446 g/mol. The third-order valence-electron chi connectivity index (χ3n) is 5.56. The predicted octanol–water partition coefficient (Wildman–Crippen LogP) is 5.09. The van der Waals surface area contributed by atoms with Gasteiger partial charge in [0.1, 0.15) is 0 Å². The lowest BCUT2D eigenvalue weighted by Gasteiger charge is -2.21. The summed E-state index contributed by atoms with van der Waals surface area (Å²) in [7, 11) is 3.01. The van der Waals surface area contributed by atoms with Gasteiger partial charge in [0.15, 0.2) is 11.5 Å². The van der Waals surface area contributed by atoms with Crippen LogP contribution >= 0.6 is 0 Å². The van der Waals surface area contributed by atoms with Crippen LogP contribution in [-0.4, -0.2) is 37.5 Å². The van der Waals surface area contributed by atoms with Gasteiger partial charge in [0.05, 0.1) is 7.11 Å². The lowest BCUT2D eigenvalue weighted by Crippen LogP contribution is -2.27. The summed E-state index contributed by atoms with van der Waals surface area (Å²) in [5, 5.41) is 2.93. The van der Waals surface area contributed by atoms with Crippen LogP contribution in [0.1, 0.15) is 48.0 Å². The monoisotopic (exact) mass is 446 g/mol. The van der Waals surface area contributed by atoms with Crippen LogP contribution in [-0.2, 0) is 11.3 Å². The fraction of sp³-hybridized carbons (Fsp3) is 0.417. The van der Waals surface area contributed by atoms with Crippen molar-refractivity contribution in [3.8, 4) is 11.5 Å². The molecule has 32 heavy (non-hydrogen) atoms. The highest BCUT2D eigenvalue weighted by Crippen LogP contribution is 2.30. The van der Waals surface area contributed by atoms with Crippen molar-refractivity contribution in [2.24, 2.45) is 5.92 Å². The minimum absolute atomic E-state index is 0.000792. The van der Waals surface area contributed by atoms with Gasteiger partial charge in [-0.2, -0.15) is 8.78 Å². The average Bonchev–Trinajstić information content (AvgIpc) is 2.80. The second-order valence-electron chi connectivity index (χ2n) is 7.93. The number of alkyl halides is 2. The third kappa shape index (κ3) is 6.18. The Bertz CT molecular complexity index is 945. The first-order valence-electron chi connectivity index (χ1n) is 10.7. The first-order chi connectivity index (χ1) is 15.4. The molecule has 0 aromatic heterocycles. The van der Waals surface area contributed by atoms with Crippen molar-refractivity contribution in [3.05, 3.63) is 53.6 Å². The summed E-state index contributed by atoms with van der Waals surface area (Å²) in [6.07, 6.45) is 5.12. The van der Waals surface area contributed by atoms with Gasteiger partial charge in [-0.25, -0.2) is 0 Å². The summed E-state index contributed by atoms with van der Waals surface area (Å²) in [6.45, 7) is -2.71. The van der Waals surface area contributed by atoms with E-state index in [1.807, 2.05) is 0 Å². The molecule has 1 saturated carbocycles. The van der Waals surface area contributed by atoms with Crippen molar-refractivity contribution in [1.29, 1.82) is 0 Å².